The number of hydrogen-bond acceptors (Lipinski definition) is 6. The van der Waals surface area contributed by atoms with E-state index in [9.17, 15) is 14.1 Å². The van der Waals surface area contributed by atoms with Crippen LogP contribution in [-0.4, -0.2) is 99.2 Å². The van der Waals surface area contributed by atoms with Gasteiger partial charge in [0.1, 0.15) is 16.6 Å². The van der Waals surface area contributed by atoms with Gasteiger partial charge in [-0.25, -0.2) is 13.3 Å². The monoisotopic (exact) mass is 525 g/mol. The molecular formula is C25H36ClN3O5S. The van der Waals surface area contributed by atoms with E-state index in [0.717, 1.165) is 36.1 Å². The minimum Gasteiger partial charge on any atom is -0.441 e. The smallest absolute Gasteiger partial charge is 0.410 e. The lowest BCUT2D eigenvalue weighted by molar-refractivity contribution is -0.0759. The molecule has 10 heteroatoms. The average Bonchev–Trinajstić information content (AvgIpc) is 3.75. The van der Waals surface area contributed by atoms with Crippen molar-refractivity contribution in [3.05, 3.63) is 28.8 Å². The highest BCUT2D eigenvalue weighted by atomic mass is 35.5. The van der Waals surface area contributed by atoms with E-state index in [-0.39, 0.29) is 30.8 Å². The molecule has 2 saturated heterocycles. The molecule has 0 radical (unpaired) electrons. The Morgan fingerprint density at radius 3 is 2.69 bits per heavy atom. The van der Waals surface area contributed by atoms with Gasteiger partial charge < -0.3 is 19.5 Å². The molecule has 4 fully saturated rings. The average molecular weight is 526 g/mol. The Kier molecular flexibility index (Phi) is 7.45. The Balaban J connectivity index is 1.35. The number of ether oxygens (including phenoxy) is 2. The van der Waals surface area contributed by atoms with Gasteiger partial charge in [-0.1, -0.05) is 11.6 Å². The van der Waals surface area contributed by atoms with Crippen molar-refractivity contribution in [2.24, 2.45) is 5.92 Å². The van der Waals surface area contributed by atoms with Crippen molar-refractivity contribution < 1.29 is 23.6 Å². The summed E-state index contributed by atoms with van der Waals surface area (Å²) < 4.78 is 28.4. The van der Waals surface area contributed by atoms with E-state index < -0.39 is 16.6 Å². The number of carbonyl (C=O) groups is 1. The molecule has 35 heavy (non-hydrogen) atoms. The molecule has 2 saturated carbocycles. The van der Waals surface area contributed by atoms with Crippen LogP contribution in [0.1, 0.15) is 38.2 Å². The predicted octanol–water partition coefficient (Wildman–Crippen LogP) is 2.82. The number of rotatable bonds is 7. The minimum absolute atomic E-state index is 0.0443. The summed E-state index contributed by atoms with van der Waals surface area (Å²) in [6.07, 6.45) is 3.41. The summed E-state index contributed by atoms with van der Waals surface area (Å²) in [7, 11) is -1.41. The van der Waals surface area contributed by atoms with Crippen LogP contribution in [0.15, 0.2) is 23.1 Å². The van der Waals surface area contributed by atoms with Crippen molar-refractivity contribution in [1.29, 1.82) is 0 Å². The van der Waals surface area contributed by atoms with E-state index in [1.165, 1.54) is 0 Å². The highest BCUT2D eigenvalue weighted by Crippen LogP contribution is 2.50. The Morgan fingerprint density at radius 1 is 1.29 bits per heavy atom. The predicted molar refractivity (Wildman–Crippen MR) is 134 cm³/mol. The van der Waals surface area contributed by atoms with Gasteiger partial charge in [0, 0.05) is 43.3 Å². The third-order valence-electron chi connectivity index (χ3n) is 7.93. The van der Waals surface area contributed by atoms with Crippen molar-refractivity contribution in [3.63, 3.8) is 0 Å². The molecule has 1 aromatic rings. The number of piperazine rings is 1. The van der Waals surface area contributed by atoms with Crippen molar-refractivity contribution in [3.8, 4) is 0 Å². The van der Waals surface area contributed by atoms with Crippen LogP contribution < -0.4 is 0 Å². The fourth-order valence-corrected chi connectivity index (χ4v) is 7.47. The van der Waals surface area contributed by atoms with Gasteiger partial charge in [0.25, 0.3) is 0 Å². The number of halogens is 1. The Bertz CT molecular complexity index is 972. The molecule has 1 aromatic carbocycles. The first kappa shape index (κ1) is 25.4. The number of β-amino-alcohol motifs (C(OH)–C–C–N with tert-alkyl or cyclic N) is 1. The highest BCUT2D eigenvalue weighted by molar-refractivity contribution is 7.82. The number of aryl methyl sites for hydroxylation is 1. The molecule has 2 aliphatic carbocycles. The van der Waals surface area contributed by atoms with Crippen LogP contribution in [0.2, 0.25) is 5.02 Å². The number of hydrogen-bond donors (Lipinski definition) is 1. The van der Waals surface area contributed by atoms with E-state index in [2.05, 4.69) is 16.1 Å². The second-order valence-corrected chi connectivity index (χ2v) is 12.3. The van der Waals surface area contributed by atoms with E-state index in [1.807, 2.05) is 19.1 Å². The molecule has 5 rings (SSSR count). The van der Waals surface area contributed by atoms with Gasteiger partial charge in [0.2, 0.25) is 0 Å². The van der Waals surface area contributed by atoms with Crippen LogP contribution in [0.5, 0.6) is 0 Å². The molecule has 0 bridgehead atoms. The maximum atomic E-state index is 14.0. The lowest BCUT2D eigenvalue weighted by Crippen LogP contribution is -2.61. The molecule has 2 aliphatic heterocycles. The third kappa shape index (κ3) is 5.26. The van der Waals surface area contributed by atoms with Crippen molar-refractivity contribution >= 4 is 28.7 Å². The summed E-state index contributed by atoms with van der Waals surface area (Å²) in [5.41, 5.74) is 0.221. The summed E-state index contributed by atoms with van der Waals surface area (Å²) in [5.74, 6) is 0.460. The second-order valence-electron chi connectivity index (χ2n) is 10.5. The van der Waals surface area contributed by atoms with E-state index in [1.54, 1.807) is 11.0 Å². The summed E-state index contributed by atoms with van der Waals surface area (Å²) in [5, 5.41) is 9.90. The normalized spacial score (nSPS) is 30.2. The van der Waals surface area contributed by atoms with E-state index in [4.69, 9.17) is 21.1 Å². The largest absolute Gasteiger partial charge is 0.441 e. The van der Waals surface area contributed by atoms with Gasteiger partial charge in [0.05, 0.1) is 30.8 Å². The molecule has 0 spiro atoms. The highest BCUT2D eigenvalue weighted by Gasteiger charge is 2.60. The van der Waals surface area contributed by atoms with Crippen molar-refractivity contribution in [2.75, 3.05) is 46.0 Å². The lowest BCUT2D eigenvalue weighted by atomic mass is 10.0. The van der Waals surface area contributed by atoms with Gasteiger partial charge in [-0.2, -0.15) is 0 Å². The van der Waals surface area contributed by atoms with Gasteiger partial charge >= 0.3 is 6.09 Å². The summed E-state index contributed by atoms with van der Waals surface area (Å²) in [6.45, 7) is 7.53. The molecule has 1 N–H and O–H groups in total. The molecular weight excluding hydrogens is 490 g/mol. The third-order valence-corrected chi connectivity index (χ3v) is 9.91. The zero-order valence-electron chi connectivity index (χ0n) is 20.5. The maximum absolute atomic E-state index is 14.0. The SMILES string of the molecule is Cc1cc(Cl)ccc1S(=O)N1[C@H](C2CC2)COC[C@@H]1C1(OC(=O)N2CCN(CCO)[C@@H](C)C2)CC1. The molecule has 1 amide bonds. The Morgan fingerprint density at radius 2 is 2.06 bits per heavy atom. The Hall–Kier alpha value is -1.23. The topological polar surface area (TPSA) is 82.6 Å². The second kappa shape index (κ2) is 10.3. The molecule has 4 aliphatic rings. The fraction of sp³-hybridized carbons (Fsp3) is 0.720. The van der Waals surface area contributed by atoms with Crippen molar-refractivity contribution in [2.45, 2.75) is 68.2 Å². The molecule has 4 atom stereocenters. The standard InChI is InChI=1S/C25H36ClN3O5S/c1-17-13-20(26)5-6-22(17)35(32)29-21(19-3-4-19)15-33-16-23(29)25(7-8-25)34-24(31)28-10-9-27(11-12-30)18(2)14-28/h5-6,13,18-19,21,23,30H,3-4,7-12,14-16H2,1-2H3/t18-,21-,23+,35?/m0/s1. The molecule has 8 nitrogen and oxygen atoms in total. The number of aliphatic hydroxyl groups excluding tert-OH is 1. The summed E-state index contributed by atoms with van der Waals surface area (Å²) >= 11 is 6.17. The van der Waals surface area contributed by atoms with Crippen LogP contribution in [0.25, 0.3) is 0 Å². The number of amides is 1. The molecule has 0 aromatic heterocycles. The van der Waals surface area contributed by atoms with Crippen LogP contribution >= 0.6 is 11.6 Å². The van der Waals surface area contributed by atoms with Gasteiger partial charge in [0.15, 0.2) is 0 Å². The first-order chi connectivity index (χ1) is 16.8. The zero-order valence-corrected chi connectivity index (χ0v) is 22.1. The van der Waals surface area contributed by atoms with Gasteiger partial charge in [-0.05, 0) is 69.2 Å². The van der Waals surface area contributed by atoms with Crippen LogP contribution in [0.4, 0.5) is 4.79 Å². The minimum atomic E-state index is -1.41. The summed E-state index contributed by atoms with van der Waals surface area (Å²) in [6, 6.07) is 5.43. The first-order valence-electron chi connectivity index (χ1n) is 12.7. The quantitative estimate of drug-likeness (QED) is 0.589. The van der Waals surface area contributed by atoms with Crippen LogP contribution in [-0.2, 0) is 20.5 Å². The maximum Gasteiger partial charge on any atom is 0.410 e. The van der Waals surface area contributed by atoms with Crippen LogP contribution in [0.3, 0.4) is 0 Å². The number of morpholine rings is 1. The zero-order chi connectivity index (χ0) is 24.7. The van der Waals surface area contributed by atoms with Crippen molar-refractivity contribution in [1.82, 2.24) is 14.1 Å². The fourth-order valence-electron chi connectivity index (χ4n) is 5.53. The number of benzene rings is 1. The summed E-state index contributed by atoms with van der Waals surface area (Å²) in [4.78, 5) is 18.0. The molecule has 194 valence electrons. The first-order valence-corrected chi connectivity index (χ1v) is 14.2. The molecule has 2 heterocycles. The lowest BCUT2D eigenvalue weighted by Gasteiger charge is -2.45. The number of nitrogens with zero attached hydrogens (tertiary/aromatic N) is 3. The molecule has 1 unspecified atom stereocenters. The number of carbonyl (C=O) groups excluding carboxylic acids is 1. The van der Waals surface area contributed by atoms with E-state index in [0.29, 0.717) is 50.3 Å². The van der Waals surface area contributed by atoms with Gasteiger partial charge in [-0.15, -0.1) is 0 Å². The van der Waals surface area contributed by atoms with Crippen LogP contribution in [0, 0.1) is 12.8 Å². The van der Waals surface area contributed by atoms with E-state index >= 15 is 0 Å². The number of aliphatic hydroxyl groups is 1. The van der Waals surface area contributed by atoms with Gasteiger partial charge in [-0.3, -0.25) is 4.90 Å². The Labute approximate surface area is 215 Å².